The van der Waals surface area contributed by atoms with Crippen LogP contribution < -0.4 is 5.32 Å². The van der Waals surface area contributed by atoms with Crippen molar-refractivity contribution in [1.82, 2.24) is 4.90 Å². The van der Waals surface area contributed by atoms with Crippen molar-refractivity contribution in [3.63, 3.8) is 0 Å². The van der Waals surface area contributed by atoms with Gasteiger partial charge in [0.1, 0.15) is 0 Å². The van der Waals surface area contributed by atoms with Gasteiger partial charge in [-0.15, -0.1) is 0 Å². The lowest BCUT2D eigenvalue weighted by atomic mass is 10.1. The van der Waals surface area contributed by atoms with Gasteiger partial charge >= 0.3 is 0 Å². The highest BCUT2D eigenvalue weighted by atomic mass is 16.5. The van der Waals surface area contributed by atoms with Gasteiger partial charge in [0, 0.05) is 18.8 Å². The van der Waals surface area contributed by atoms with E-state index in [2.05, 4.69) is 41.4 Å². The van der Waals surface area contributed by atoms with E-state index in [1.165, 1.54) is 11.3 Å². The molecule has 1 atom stereocenters. The fourth-order valence-electron chi connectivity index (χ4n) is 2.32. The van der Waals surface area contributed by atoms with E-state index in [-0.39, 0.29) is 6.04 Å². The van der Waals surface area contributed by atoms with E-state index in [1.54, 1.807) is 0 Å². The molecule has 2 heterocycles. The summed E-state index contributed by atoms with van der Waals surface area (Å²) in [5.41, 5.74) is 2.45. The van der Waals surface area contributed by atoms with E-state index in [0.29, 0.717) is 0 Å². The van der Waals surface area contributed by atoms with Gasteiger partial charge in [0.25, 0.3) is 0 Å². The monoisotopic (exact) mass is 231 g/mol. The molecule has 4 heteroatoms. The van der Waals surface area contributed by atoms with E-state index in [1.807, 2.05) is 0 Å². The minimum atomic E-state index is 0.227. The van der Waals surface area contributed by atoms with Gasteiger partial charge in [0.05, 0.1) is 19.3 Å². The van der Waals surface area contributed by atoms with Crippen LogP contribution in [0, 0.1) is 0 Å². The molecule has 0 amide bonds. The lowest BCUT2D eigenvalue weighted by molar-refractivity contribution is 0.0677. The standard InChI is InChI=1S/C13H17N3O/c1-10-11-4-2-3-5-12(11)15-13(14-10)16-6-8-17-9-7-16/h2-5,10H,6-9H2,1H3,(H,14,15)/t10-/m0/s1. The number of hydrogen-bond acceptors (Lipinski definition) is 4. The zero-order chi connectivity index (χ0) is 11.7. The van der Waals surface area contributed by atoms with E-state index in [0.717, 1.165) is 32.3 Å². The van der Waals surface area contributed by atoms with Gasteiger partial charge in [0.2, 0.25) is 0 Å². The number of para-hydroxylation sites is 1. The van der Waals surface area contributed by atoms with Gasteiger partial charge in [-0.05, 0) is 18.6 Å². The maximum absolute atomic E-state index is 5.36. The second-order valence-electron chi connectivity index (χ2n) is 4.44. The van der Waals surface area contributed by atoms with Crippen molar-refractivity contribution in [3.8, 4) is 0 Å². The Bertz CT molecular complexity index is 438. The first-order valence-electron chi connectivity index (χ1n) is 6.11. The molecule has 0 aliphatic carbocycles. The van der Waals surface area contributed by atoms with Crippen molar-refractivity contribution in [2.75, 3.05) is 31.6 Å². The van der Waals surface area contributed by atoms with Crippen molar-refractivity contribution in [2.45, 2.75) is 13.0 Å². The number of rotatable bonds is 0. The van der Waals surface area contributed by atoms with Crippen LogP contribution in [0.15, 0.2) is 29.3 Å². The third-order valence-electron chi connectivity index (χ3n) is 3.28. The fourth-order valence-corrected chi connectivity index (χ4v) is 2.32. The van der Waals surface area contributed by atoms with Crippen molar-refractivity contribution < 1.29 is 4.74 Å². The molecule has 17 heavy (non-hydrogen) atoms. The lowest BCUT2D eigenvalue weighted by Crippen LogP contribution is -2.45. The second-order valence-corrected chi connectivity index (χ2v) is 4.44. The number of nitrogens with one attached hydrogen (secondary N) is 1. The van der Waals surface area contributed by atoms with Crippen LogP contribution in [0.2, 0.25) is 0 Å². The van der Waals surface area contributed by atoms with Gasteiger partial charge in [-0.3, -0.25) is 0 Å². The second kappa shape index (κ2) is 4.37. The van der Waals surface area contributed by atoms with Gasteiger partial charge in [-0.2, -0.15) is 0 Å². The van der Waals surface area contributed by atoms with Gasteiger partial charge in [0.15, 0.2) is 5.96 Å². The average molecular weight is 231 g/mol. The van der Waals surface area contributed by atoms with Crippen LogP contribution in [0.1, 0.15) is 18.5 Å². The predicted octanol–water partition coefficient (Wildman–Crippen LogP) is 1.86. The Morgan fingerprint density at radius 3 is 2.88 bits per heavy atom. The smallest absolute Gasteiger partial charge is 0.199 e. The fraction of sp³-hybridized carbons (Fsp3) is 0.462. The number of morpholine rings is 1. The molecule has 3 rings (SSSR count). The van der Waals surface area contributed by atoms with Gasteiger partial charge in [-0.1, -0.05) is 18.2 Å². The third-order valence-corrected chi connectivity index (χ3v) is 3.28. The zero-order valence-electron chi connectivity index (χ0n) is 10.0. The summed E-state index contributed by atoms with van der Waals surface area (Å²) in [5, 5.41) is 3.42. The Morgan fingerprint density at radius 2 is 2.06 bits per heavy atom. The van der Waals surface area contributed by atoms with Crippen LogP contribution in [-0.2, 0) is 4.74 Å². The number of benzene rings is 1. The molecule has 2 aliphatic heterocycles. The van der Waals surface area contributed by atoms with Crippen LogP contribution in [-0.4, -0.2) is 37.2 Å². The van der Waals surface area contributed by atoms with Gasteiger partial charge < -0.3 is 15.0 Å². The molecule has 1 aromatic carbocycles. The summed E-state index contributed by atoms with van der Waals surface area (Å²) < 4.78 is 5.36. The Morgan fingerprint density at radius 1 is 1.29 bits per heavy atom. The first kappa shape index (κ1) is 10.6. The first-order chi connectivity index (χ1) is 8.34. The molecule has 0 spiro atoms. The number of nitrogens with zero attached hydrogens (tertiary/aromatic N) is 2. The highest BCUT2D eigenvalue weighted by Gasteiger charge is 2.22. The number of ether oxygens (including phenoxy) is 1. The molecule has 0 saturated carbocycles. The Balaban J connectivity index is 1.85. The van der Waals surface area contributed by atoms with Crippen molar-refractivity contribution in [3.05, 3.63) is 29.8 Å². The Labute approximate surface area is 101 Å². The molecule has 0 bridgehead atoms. The normalized spacial score (nSPS) is 23.7. The molecule has 1 fully saturated rings. The molecule has 0 aromatic heterocycles. The molecule has 4 nitrogen and oxygen atoms in total. The maximum atomic E-state index is 5.36. The van der Waals surface area contributed by atoms with Crippen LogP contribution >= 0.6 is 0 Å². The number of aliphatic imine (C=N–C) groups is 1. The van der Waals surface area contributed by atoms with Crippen LogP contribution in [0.25, 0.3) is 0 Å². The highest BCUT2D eigenvalue weighted by molar-refractivity contribution is 5.96. The molecule has 2 aliphatic rings. The minimum Gasteiger partial charge on any atom is -0.378 e. The molecule has 0 radical (unpaired) electrons. The number of anilines is 1. The molecule has 1 saturated heterocycles. The molecule has 1 aromatic rings. The maximum Gasteiger partial charge on any atom is 0.199 e. The number of fused-ring (bicyclic) bond motifs is 1. The summed E-state index contributed by atoms with van der Waals surface area (Å²) in [6, 6.07) is 8.59. The quantitative estimate of drug-likeness (QED) is 0.740. The number of hydrogen-bond donors (Lipinski definition) is 1. The SMILES string of the molecule is C[C@@H]1N=C(N2CCOCC2)Nc2ccccc21. The van der Waals surface area contributed by atoms with Crippen LogP contribution in [0.3, 0.4) is 0 Å². The Kier molecular flexibility index (Phi) is 2.73. The van der Waals surface area contributed by atoms with E-state index >= 15 is 0 Å². The zero-order valence-corrected chi connectivity index (χ0v) is 10.0. The van der Waals surface area contributed by atoms with Gasteiger partial charge in [-0.25, -0.2) is 4.99 Å². The third kappa shape index (κ3) is 2.00. The van der Waals surface area contributed by atoms with E-state index < -0.39 is 0 Å². The summed E-state index contributed by atoms with van der Waals surface area (Å²) >= 11 is 0. The van der Waals surface area contributed by atoms with Crippen molar-refractivity contribution in [1.29, 1.82) is 0 Å². The first-order valence-corrected chi connectivity index (χ1v) is 6.11. The summed E-state index contributed by atoms with van der Waals surface area (Å²) in [6.07, 6.45) is 0. The Hall–Kier alpha value is -1.55. The van der Waals surface area contributed by atoms with E-state index in [9.17, 15) is 0 Å². The van der Waals surface area contributed by atoms with Crippen LogP contribution in [0.4, 0.5) is 5.69 Å². The lowest BCUT2D eigenvalue weighted by Gasteiger charge is -2.33. The van der Waals surface area contributed by atoms with Crippen LogP contribution in [0.5, 0.6) is 0 Å². The number of guanidine groups is 1. The van der Waals surface area contributed by atoms with E-state index in [4.69, 9.17) is 9.73 Å². The molecule has 0 unspecified atom stereocenters. The topological polar surface area (TPSA) is 36.9 Å². The summed E-state index contributed by atoms with van der Waals surface area (Å²) in [7, 11) is 0. The predicted molar refractivity (Wildman–Crippen MR) is 68.3 cm³/mol. The molecule has 1 N–H and O–H groups in total. The molecular formula is C13H17N3O. The minimum absolute atomic E-state index is 0.227. The largest absolute Gasteiger partial charge is 0.378 e. The molecule has 90 valence electrons. The summed E-state index contributed by atoms with van der Waals surface area (Å²) in [4.78, 5) is 6.98. The molecular weight excluding hydrogens is 214 g/mol. The average Bonchev–Trinajstić information content (AvgIpc) is 2.40. The highest BCUT2D eigenvalue weighted by Crippen LogP contribution is 2.29. The van der Waals surface area contributed by atoms with Crippen molar-refractivity contribution in [2.24, 2.45) is 4.99 Å². The summed E-state index contributed by atoms with van der Waals surface area (Å²) in [6.45, 7) is 5.55. The van der Waals surface area contributed by atoms with Crippen molar-refractivity contribution >= 4 is 11.6 Å². The summed E-state index contributed by atoms with van der Waals surface area (Å²) in [5.74, 6) is 0.986.